The fourth-order valence-electron chi connectivity index (χ4n) is 3.01. The number of hydrogen-bond acceptors (Lipinski definition) is 3. The molecule has 7 heteroatoms. The normalized spacial score (nSPS) is 15.4. The number of hydrogen-bond donors (Lipinski definition) is 1. The van der Waals surface area contributed by atoms with Crippen LogP contribution in [0.25, 0.3) is 6.08 Å². The molecule has 5 nitrogen and oxygen atoms in total. The predicted molar refractivity (Wildman–Crippen MR) is 111 cm³/mol. The van der Waals surface area contributed by atoms with Crippen molar-refractivity contribution >= 4 is 45.0 Å². The largest absolute Gasteiger partial charge is 0.322 e. The van der Waals surface area contributed by atoms with Crippen molar-refractivity contribution in [3.8, 4) is 0 Å². The highest BCUT2D eigenvalue weighted by molar-refractivity contribution is 7.93. The van der Waals surface area contributed by atoms with Gasteiger partial charge in [0.15, 0.2) is 0 Å². The number of allylic oxidation sites excluding steroid dienone is 1. The maximum atomic E-state index is 12.7. The van der Waals surface area contributed by atoms with Crippen molar-refractivity contribution in [3.05, 3.63) is 64.2 Å². The quantitative estimate of drug-likeness (QED) is 0.812. The molecule has 1 amide bonds. The van der Waals surface area contributed by atoms with Crippen molar-refractivity contribution < 1.29 is 13.2 Å². The van der Waals surface area contributed by atoms with Gasteiger partial charge in [-0.2, -0.15) is 0 Å². The van der Waals surface area contributed by atoms with Crippen molar-refractivity contribution in [2.24, 2.45) is 0 Å². The van der Waals surface area contributed by atoms with Gasteiger partial charge in [0.2, 0.25) is 10.0 Å². The zero-order chi connectivity index (χ0) is 19.6. The summed E-state index contributed by atoms with van der Waals surface area (Å²) >= 11 is 6.20. The van der Waals surface area contributed by atoms with Gasteiger partial charge >= 0.3 is 0 Å². The van der Waals surface area contributed by atoms with E-state index in [0.29, 0.717) is 24.3 Å². The Hall–Kier alpha value is -2.31. The topological polar surface area (TPSA) is 66.5 Å². The van der Waals surface area contributed by atoms with Crippen LogP contribution in [0.3, 0.4) is 0 Å². The monoisotopic (exact) mass is 404 g/mol. The number of sulfonamides is 1. The zero-order valence-electron chi connectivity index (χ0n) is 15.2. The first-order valence-electron chi connectivity index (χ1n) is 8.62. The van der Waals surface area contributed by atoms with Gasteiger partial charge in [0, 0.05) is 12.2 Å². The van der Waals surface area contributed by atoms with E-state index >= 15 is 0 Å². The molecule has 3 rings (SSSR count). The van der Waals surface area contributed by atoms with Crippen molar-refractivity contribution in [1.82, 2.24) is 0 Å². The number of nitrogens with zero attached hydrogens (tertiary/aromatic N) is 1. The Morgan fingerprint density at radius 1 is 1.19 bits per heavy atom. The van der Waals surface area contributed by atoms with Gasteiger partial charge in [-0.1, -0.05) is 35.4 Å². The zero-order valence-corrected chi connectivity index (χ0v) is 16.8. The highest BCUT2D eigenvalue weighted by Crippen LogP contribution is 2.29. The predicted octanol–water partition coefficient (Wildman–Crippen LogP) is 4.56. The number of halogens is 1. The van der Waals surface area contributed by atoms with E-state index in [1.54, 1.807) is 18.2 Å². The smallest absolute Gasteiger partial charge is 0.257 e. The van der Waals surface area contributed by atoms with E-state index in [9.17, 15) is 13.2 Å². The lowest BCUT2D eigenvalue weighted by Gasteiger charge is -2.18. The third kappa shape index (κ3) is 4.51. The van der Waals surface area contributed by atoms with Crippen LogP contribution in [-0.2, 0) is 10.0 Å². The van der Waals surface area contributed by atoms with Crippen molar-refractivity contribution in [1.29, 1.82) is 0 Å². The average Bonchev–Trinajstić information content (AvgIpc) is 2.94. The fourth-order valence-corrected chi connectivity index (χ4v) is 4.77. The van der Waals surface area contributed by atoms with E-state index in [4.69, 9.17) is 11.6 Å². The van der Waals surface area contributed by atoms with Crippen LogP contribution in [0.2, 0.25) is 5.02 Å². The summed E-state index contributed by atoms with van der Waals surface area (Å²) in [6.07, 6.45) is 2.59. The van der Waals surface area contributed by atoms with Crippen LogP contribution in [0, 0.1) is 0 Å². The first-order valence-corrected chi connectivity index (χ1v) is 10.6. The van der Waals surface area contributed by atoms with Gasteiger partial charge in [0.1, 0.15) is 0 Å². The number of carbonyl (C=O) groups excluding carboxylic acids is 1. The second kappa shape index (κ2) is 7.74. The lowest BCUT2D eigenvalue weighted by Crippen LogP contribution is -2.25. The van der Waals surface area contributed by atoms with Gasteiger partial charge in [0.05, 0.1) is 22.0 Å². The van der Waals surface area contributed by atoms with Gasteiger partial charge < -0.3 is 5.32 Å². The number of amides is 1. The standard InChI is InChI=1S/C20H21ClN2O3S/c1-14(2)11-15-5-3-6-16(12-15)22-20(24)18-13-17(7-8-19(18)21)23-9-4-10-27(23,25)26/h3,5-8,11-13H,4,9-10H2,1-2H3,(H,22,24). The molecular formula is C20H21ClN2O3S. The molecule has 142 valence electrons. The first kappa shape index (κ1) is 19.5. The highest BCUT2D eigenvalue weighted by atomic mass is 35.5. The average molecular weight is 405 g/mol. The molecule has 1 N–H and O–H groups in total. The van der Waals surface area contributed by atoms with E-state index in [-0.39, 0.29) is 22.2 Å². The molecule has 2 aromatic carbocycles. The van der Waals surface area contributed by atoms with E-state index in [2.05, 4.69) is 5.32 Å². The van der Waals surface area contributed by atoms with E-state index < -0.39 is 10.0 Å². The summed E-state index contributed by atoms with van der Waals surface area (Å²) in [6.45, 7) is 4.42. The maximum absolute atomic E-state index is 12.7. The summed E-state index contributed by atoms with van der Waals surface area (Å²) in [4.78, 5) is 12.7. The minimum atomic E-state index is -3.32. The Kier molecular flexibility index (Phi) is 5.58. The molecule has 0 bridgehead atoms. The van der Waals surface area contributed by atoms with Crippen LogP contribution in [0.4, 0.5) is 11.4 Å². The SMILES string of the molecule is CC(C)=Cc1cccc(NC(=O)c2cc(N3CCCS3(=O)=O)ccc2Cl)c1. The molecule has 0 saturated carbocycles. The first-order chi connectivity index (χ1) is 12.8. The molecule has 0 aliphatic carbocycles. The van der Waals surface area contributed by atoms with E-state index in [1.807, 2.05) is 38.1 Å². The van der Waals surface area contributed by atoms with Crippen LogP contribution >= 0.6 is 11.6 Å². The number of carbonyl (C=O) groups is 1. The van der Waals surface area contributed by atoms with Crippen LogP contribution in [0.15, 0.2) is 48.0 Å². The Balaban J connectivity index is 1.87. The third-order valence-electron chi connectivity index (χ3n) is 4.18. The molecule has 0 atom stereocenters. The molecule has 0 spiro atoms. The third-order valence-corrected chi connectivity index (χ3v) is 6.38. The lowest BCUT2D eigenvalue weighted by molar-refractivity contribution is 0.102. The van der Waals surface area contributed by atoms with Crippen LogP contribution < -0.4 is 9.62 Å². The van der Waals surface area contributed by atoms with Gasteiger partial charge in [-0.25, -0.2) is 8.42 Å². The molecule has 1 aliphatic rings. The van der Waals surface area contributed by atoms with Gasteiger partial charge in [0.25, 0.3) is 5.91 Å². The molecule has 1 heterocycles. The van der Waals surface area contributed by atoms with Crippen molar-refractivity contribution in [3.63, 3.8) is 0 Å². The Labute approximate surface area is 164 Å². The number of benzene rings is 2. The summed E-state index contributed by atoms with van der Waals surface area (Å²) in [7, 11) is -3.32. The molecule has 1 saturated heterocycles. The molecule has 1 fully saturated rings. The highest BCUT2D eigenvalue weighted by Gasteiger charge is 2.29. The second-order valence-corrected chi connectivity index (χ2v) is 9.13. The Morgan fingerprint density at radius 2 is 1.96 bits per heavy atom. The maximum Gasteiger partial charge on any atom is 0.257 e. The van der Waals surface area contributed by atoms with Crippen molar-refractivity contribution in [2.75, 3.05) is 21.9 Å². The molecule has 27 heavy (non-hydrogen) atoms. The molecule has 0 aromatic heterocycles. The Bertz CT molecular complexity index is 1010. The summed E-state index contributed by atoms with van der Waals surface area (Å²) in [5.41, 5.74) is 3.48. The second-order valence-electron chi connectivity index (χ2n) is 6.71. The summed E-state index contributed by atoms with van der Waals surface area (Å²) in [5, 5.41) is 3.10. The fraction of sp³-hybridized carbons (Fsp3) is 0.250. The van der Waals surface area contributed by atoms with E-state index in [1.165, 1.54) is 10.4 Å². The molecule has 0 radical (unpaired) electrons. The Morgan fingerprint density at radius 3 is 2.63 bits per heavy atom. The van der Waals surface area contributed by atoms with Gasteiger partial charge in [-0.3, -0.25) is 9.10 Å². The van der Waals surface area contributed by atoms with Crippen molar-refractivity contribution in [2.45, 2.75) is 20.3 Å². The van der Waals surface area contributed by atoms with Crippen LogP contribution in [0.5, 0.6) is 0 Å². The number of anilines is 2. The lowest BCUT2D eigenvalue weighted by atomic mass is 10.1. The summed E-state index contributed by atoms with van der Waals surface area (Å²) in [5.74, 6) is -0.262. The number of nitrogens with one attached hydrogen (secondary N) is 1. The van der Waals surface area contributed by atoms with Gasteiger partial charge in [-0.15, -0.1) is 0 Å². The van der Waals surface area contributed by atoms with Crippen LogP contribution in [0.1, 0.15) is 36.2 Å². The van der Waals surface area contributed by atoms with E-state index in [0.717, 1.165) is 11.1 Å². The molecule has 1 aliphatic heterocycles. The minimum Gasteiger partial charge on any atom is -0.322 e. The molecular weight excluding hydrogens is 384 g/mol. The summed E-state index contributed by atoms with van der Waals surface area (Å²) in [6, 6.07) is 12.2. The number of rotatable bonds is 4. The van der Waals surface area contributed by atoms with Crippen LogP contribution in [-0.4, -0.2) is 26.6 Å². The summed E-state index contributed by atoms with van der Waals surface area (Å²) < 4.78 is 25.6. The molecule has 2 aromatic rings. The van der Waals surface area contributed by atoms with Gasteiger partial charge in [-0.05, 0) is 56.2 Å². The molecule has 0 unspecified atom stereocenters. The minimum absolute atomic E-state index is 0.119.